The van der Waals surface area contributed by atoms with Crippen molar-refractivity contribution in [2.24, 2.45) is 24.8 Å². The fourth-order valence-electron chi connectivity index (χ4n) is 2.83. The third-order valence-electron chi connectivity index (χ3n) is 4.78. The molecule has 1 aliphatic heterocycles. The summed E-state index contributed by atoms with van der Waals surface area (Å²) < 4.78 is 13.6. The highest BCUT2D eigenvalue weighted by Crippen LogP contribution is 2.35. The number of rotatable bonds is 4. The molecule has 21 heavy (non-hydrogen) atoms. The molecule has 1 fully saturated rings. The second-order valence-electron chi connectivity index (χ2n) is 6.10. The number of pyridine rings is 1. The molecular weight excluding hydrogens is 270 g/mol. The molecule has 1 aromatic rings. The fourth-order valence-corrected chi connectivity index (χ4v) is 2.83. The van der Waals surface area contributed by atoms with Crippen LogP contribution >= 0.6 is 0 Å². The zero-order valence-electron chi connectivity index (χ0n) is 13.2. The monoisotopic (exact) mass is 296 g/mol. The number of aromatic hydroxyl groups is 1. The van der Waals surface area contributed by atoms with Crippen molar-refractivity contribution in [3.63, 3.8) is 0 Å². The van der Waals surface area contributed by atoms with Crippen LogP contribution in [0.25, 0.3) is 0 Å². The van der Waals surface area contributed by atoms with Crippen LogP contribution in [0.4, 0.5) is 0 Å². The summed E-state index contributed by atoms with van der Waals surface area (Å²) in [5, 5.41) is 18.8. The molecule has 5 heteroatoms. The number of nitrogens with zero attached hydrogens (tertiary/aromatic N) is 1. The molecule has 0 amide bonds. The Bertz CT molecular complexity index is 477. The van der Waals surface area contributed by atoms with Crippen molar-refractivity contribution in [3.8, 4) is 5.75 Å². The van der Waals surface area contributed by atoms with E-state index in [1.807, 2.05) is 17.7 Å². The van der Waals surface area contributed by atoms with Gasteiger partial charge in [0.05, 0.1) is 12.7 Å². The van der Waals surface area contributed by atoms with Crippen molar-refractivity contribution in [2.75, 3.05) is 6.61 Å². The average Bonchev–Trinajstić information content (AvgIpc) is 2.46. The third kappa shape index (κ3) is 3.54. The van der Waals surface area contributed by atoms with Crippen LogP contribution < -0.4 is 4.57 Å². The molecule has 118 valence electrons. The van der Waals surface area contributed by atoms with Crippen LogP contribution in [0.2, 0.25) is 0 Å². The maximum atomic E-state index is 9.43. The number of aryl methyl sites for hydroxylation is 1. The molecule has 0 aliphatic carbocycles. The van der Waals surface area contributed by atoms with E-state index in [4.69, 9.17) is 9.47 Å². The Kier molecular flexibility index (Phi) is 5.19. The minimum absolute atomic E-state index is 0.0189. The normalized spacial score (nSPS) is 33.1. The molecule has 2 rings (SSSR count). The Morgan fingerprint density at radius 2 is 1.90 bits per heavy atom. The van der Waals surface area contributed by atoms with Gasteiger partial charge in [0.25, 0.3) is 0 Å². The minimum atomic E-state index is -0.317. The van der Waals surface area contributed by atoms with Crippen LogP contribution in [0.1, 0.15) is 26.5 Å². The van der Waals surface area contributed by atoms with E-state index in [0.717, 1.165) is 5.69 Å². The fraction of sp³-hybridized carbons (Fsp3) is 0.688. The topological polar surface area (TPSA) is 62.8 Å². The van der Waals surface area contributed by atoms with E-state index in [0.29, 0.717) is 18.4 Å². The zero-order chi connectivity index (χ0) is 15.6. The van der Waals surface area contributed by atoms with Gasteiger partial charge in [-0.05, 0) is 17.9 Å². The Morgan fingerprint density at radius 3 is 2.52 bits per heavy atom. The molecular formula is C16H26NO4+. The molecule has 0 radical (unpaired) electrons. The zero-order valence-corrected chi connectivity index (χ0v) is 13.2. The van der Waals surface area contributed by atoms with Crippen LogP contribution in [-0.2, 0) is 23.1 Å². The van der Waals surface area contributed by atoms with Crippen molar-refractivity contribution in [1.29, 1.82) is 0 Å². The standard InChI is InChI=1S/C16H25NO4/c1-10-11(2)15(8-18)21-16(12(10)3)20-9-13-5-6-14(19)7-17(13)4/h5-7,10-12,15-16,18H,8-9H2,1-4H3/p+1/t10-,11-,12+,15+,16-/m0/s1. The smallest absolute Gasteiger partial charge is 0.210 e. The molecule has 0 unspecified atom stereocenters. The first kappa shape index (κ1) is 16.2. The van der Waals surface area contributed by atoms with Gasteiger partial charge < -0.3 is 19.7 Å². The lowest BCUT2D eigenvalue weighted by molar-refractivity contribution is -0.682. The molecule has 0 saturated carbocycles. The molecule has 2 heterocycles. The van der Waals surface area contributed by atoms with E-state index in [-0.39, 0.29) is 30.7 Å². The molecule has 0 bridgehead atoms. The number of aromatic nitrogens is 1. The van der Waals surface area contributed by atoms with Gasteiger partial charge in [-0.15, -0.1) is 0 Å². The van der Waals surface area contributed by atoms with Crippen LogP contribution in [0.15, 0.2) is 18.3 Å². The van der Waals surface area contributed by atoms with Gasteiger partial charge in [-0.3, -0.25) is 0 Å². The number of aliphatic hydroxyl groups excluding tert-OH is 1. The second-order valence-corrected chi connectivity index (χ2v) is 6.10. The van der Waals surface area contributed by atoms with Crippen LogP contribution in [0.3, 0.4) is 0 Å². The maximum absolute atomic E-state index is 9.43. The first-order valence-electron chi connectivity index (χ1n) is 7.49. The van der Waals surface area contributed by atoms with Gasteiger partial charge in [-0.25, -0.2) is 0 Å². The predicted octanol–water partition coefficient (Wildman–Crippen LogP) is 1.36. The van der Waals surface area contributed by atoms with Gasteiger partial charge in [-0.1, -0.05) is 20.8 Å². The highest BCUT2D eigenvalue weighted by molar-refractivity contribution is 5.13. The van der Waals surface area contributed by atoms with Crippen molar-refractivity contribution in [2.45, 2.75) is 39.8 Å². The second kappa shape index (κ2) is 6.73. The summed E-state index contributed by atoms with van der Waals surface area (Å²) in [4.78, 5) is 0. The van der Waals surface area contributed by atoms with Crippen LogP contribution in [0, 0.1) is 17.8 Å². The summed E-state index contributed by atoms with van der Waals surface area (Å²) in [6.45, 7) is 6.84. The Morgan fingerprint density at radius 1 is 1.19 bits per heavy atom. The summed E-state index contributed by atoms with van der Waals surface area (Å²) in [5.74, 6) is 1.24. The van der Waals surface area contributed by atoms with Gasteiger partial charge in [0.2, 0.25) is 11.9 Å². The summed E-state index contributed by atoms with van der Waals surface area (Å²) in [7, 11) is 1.87. The van der Waals surface area contributed by atoms with E-state index in [1.54, 1.807) is 12.3 Å². The van der Waals surface area contributed by atoms with Gasteiger partial charge >= 0.3 is 0 Å². The molecule has 5 atom stereocenters. The van der Waals surface area contributed by atoms with Crippen LogP contribution in [0.5, 0.6) is 5.75 Å². The lowest BCUT2D eigenvalue weighted by atomic mass is 9.79. The quantitative estimate of drug-likeness (QED) is 0.824. The predicted molar refractivity (Wildman–Crippen MR) is 77.3 cm³/mol. The van der Waals surface area contributed by atoms with E-state index in [9.17, 15) is 10.2 Å². The number of ether oxygens (including phenoxy) is 2. The molecule has 0 spiro atoms. The summed E-state index contributed by atoms with van der Waals surface area (Å²) in [6, 6.07) is 3.48. The Labute approximate surface area is 126 Å². The molecule has 1 aliphatic rings. The Hall–Kier alpha value is -1.17. The summed E-state index contributed by atoms with van der Waals surface area (Å²) in [5.41, 5.74) is 0.954. The van der Waals surface area contributed by atoms with Gasteiger partial charge in [0, 0.05) is 12.0 Å². The minimum Gasteiger partial charge on any atom is -0.503 e. The summed E-state index contributed by atoms with van der Waals surface area (Å²) >= 11 is 0. The molecule has 1 aromatic heterocycles. The van der Waals surface area contributed by atoms with Crippen molar-refractivity contribution < 1.29 is 24.3 Å². The molecule has 0 aromatic carbocycles. The molecule has 2 N–H and O–H groups in total. The highest BCUT2D eigenvalue weighted by atomic mass is 16.7. The van der Waals surface area contributed by atoms with E-state index < -0.39 is 0 Å². The van der Waals surface area contributed by atoms with Crippen molar-refractivity contribution in [3.05, 3.63) is 24.0 Å². The van der Waals surface area contributed by atoms with Gasteiger partial charge in [0.15, 0.2) is 12.0 Å². The van der Waals surface area contributed by atoms with Crippen molar-refractivity contribution in [1.82, 2.24) is 0 Å². The van der Waals surface area contributed by atoms with E-state index in [2.05, 4.69) is 20.8 Å². The van der Waals surface area contributed by atoms with Crippen molar-refractivity contribution >= 4 is 0 Å². The van der Waals surface area contributed by atoms with E-state index >= 15 is 0 Å². The highest BCUT2D eigenvalue weighted by Gasteiger charge is 2.39. The number of hydrogen-bond acceptors (Lipinski definition) is 4. The number of hydrogen-bond donors (Lipinski definition) is 2. The molecule has 1 saturated heterocycles. The van der Waals surface area contributed by atoms with Crippen LogP contribution in [-0.4, -0.2) is 29.2 Å². The van der Waals surface area contributed by atoms with E-state index in [1.165, 1.54) is 0 Å². The first-order valence-corrected chi connectivity index (χ1v) is 7.49. The maximum Gasteiger partial charge on any atom is 0.210 e. The lowest BCUT2D eigenvalue weighted by Gasteiger charge is -2.42. The van der Waals surface area contributed by atoms with Gasteiger partial charge in [-0.2, -0.15) is 4.57 Å². The third-order valence-corrected chi connectivity index (χ3v) is 4.78. The first-order chi connectivity index (χ1) is 9.93. The molecule has 5 nitrogen and oxygen atoms in total. The SMILES string of the molecule is C[C@@H]1[C@@H](C)[C@@H](OCc2ccc(O)c[n+]2C)O[C@H](CO)[C@H]1C. The lowest BCUT2D eigenvalue weighted by Crippen LogP contribution is -2.47. The van der Waals surface area contributed by atoms with Gasteiger partial charge in [0.1, 0.15) is 13.7 Å². The largest absolute Gasteiger partial charge is 0.503 e. The number of aliphatic hydroxyl groups is 1. The Balaban J connectivity index is 2.01. The summed E-state index contributed by atoms with van der Waals surface area (Å²) in [6.07, 6.45) is 1.15. The average molecular weight is 296 g/mol.